The van der Waals surface area contributed by atoms with Crippen LogP contribution in [0, 0.1) is 0 Å². The van der Waals surface area contributed by atoms with Crippen LogP contribution in [0.15, 0.2) is 17.1 Å². The molecular weight excluding hydrogens is 340 g/mol. The van der Waals surface area contributed by atoms with Gasteiger partial charge < -0.3 is 24.0 Å². The first-order chi connectivity index (χ1) is 12.0. The van der Waals surface area contributed by atoms with Crippen LogP contribution >= 0.6 is 0 Å². The number of hydrogen-bond acceptors (Lipinski definition) is 6. The predicted molar refractivity (Wildman–Crippen MR) is 94.4 cm³/mol. The van der Waals surface area contributed by atoms with E-state index < -0.39 is 28.4 Å². The van der Waals surface area contributed by atoms with Crippen LogP contribution < -0.4 is 5.56 Å². The van der Waals surface area contributed by atoms with E-state index in [4.69, 9.17) is 4.74 Å². The lowest BCUT2D eigenvalue weighted by Crippen LogP contribution is -2.50. The number of aromatic hydroxyl groups is 1. The Kier molecular flexibility index (Phi) is 5.34. The van der Waals surface area contributed by atoms with Gasteiger partial charge in [-0.05, 0) is 40.5 Å². The quantitative estimate of drug-likeness (QED) is 0.805. The number of aromatic nitrogens is 1. The van der Waals surface area contributed by atoms with Crippen LogP contribution in [0.3, 0.4) is 0 Å². The fraction of sp³-hybridized carbons (Fsp3) is 0.611. The van der Waals surface area contributed by atoms with Gasteiger partial charge in [0.1, 0.15) is 16.9 Å². The van der Waals surface area contributed by atoms with Crippen molar-refractivity contribution in [1.29, 1.82) is 0 Å². The molecule has 0 spiro atoms. The van der Waals surface area contributed by atoms with Crippen molar-refractivity contribution in [3.8, 4) is 5.75 Å². The molecule has 2 heterocycles. The standard InChI is InChI=1S/C18H26N2O6/c1-17(2,3)26-16(24)19-8-6-18(4,7-9-19)20-11-12(15(23)25-5)13(21)10-14(20)22/h10-11,21H,6-9H2,1-5H3. The molecule has 1 saturated heterocycles. The Labute approximate surface area is 152 Å². The third-order valence-corrected chi connectivity index (χ3v) is 4.51. The molecule has 0 unspecified atom stereocenters. The van der Waals surface area contributed by atoms with Crippen molar-refractivity contribution in [3.05, 3.63) is 28.2 Å². The van der Waals surface area contributed by atoms with E-state index in [-0.39, 0.29) is 11.7 Å². The molecule has 1 fully saturated rings. The number of amides is 1. The summed E-state index contributed by atoms with van der Waals surface area (Å²) < 4.78 is 11.5. The van der Waals surface area contributed by atoms with Gasteiger partial charge in [-0.2, -0.15) is 0 Å². The number of pyridine rings is 1. The minimum atomic E-state index is -0.717. The molecule has 1 aromatic rings. The fourth-order valence-corrected chi connectivity index (χ4v) is 2.95. The summed E-state index contributed by atoms with van der Waals surface area (Å²) in [5.74, 6) is -1.13. The third-order valence-electron chi connectivity index (χ3n) is 4.51. The van der Waals surface area contributed by atoms with Gasteiger partial charge in [-0.25, -0.2) is 9.59 Å². The number of carbonyl (C=O) groups is 2. The van der Waals surface area contributed by atoms with Crippen molar-refractivity contribution in [2.45, 2.75) is 51.7 Å². The van der Waals surface area contributed by atoms with Crippen molar-refractivity contribution in [1.82, 2.24) is 9.47 Å². The van der Waals surface area contributed by atoms with Crippen LogP contribution in [0.2, 0.25) is 0 Å². The number of likely N-dealkylation sites (tertiary alicyclic amines) is 1. The van der Waals surface area contributed by atoms with E-state index in [9.17, 15) is 19.5 Å². The summed E-state index contributed by atoms with van der Waals surface area (Å²) >= 11 is 0. The van der Waals surface area contributed by atoms with E-state index in [1.54, 1.807) is 4.90 Å². The van der Waals surface area contributed by atoms with Gasteiger partial charge in [0.25, 0.3) is 5.56 Å². The zero-order valence-corrected chi connectivity index (χ0v) is 15.9. The molecule has 8 heteroatoms. The maximum atomic E-state index is 12.4. The average molecular weight is 366 g/mol. The zero-order valence-electron chi connectivity index (χ0n) is 15.9. The van der Waals surface area contributed by atoms with Gasteiger partial charge in [0.2, 0.25) is 0 Å². The molecule has 1 aliphatic rings. The van der Waals surface area contributed by atoms with Crippen LogP contribution in [-0.4, -0.2) is 52.4 Å². The van der Waals surface area contributed by atoms with E-state index in [1.807, 2.05) is 27.7 Å². The Hall–Kier alpha value is -2.51. The van der Waals surface area contributed by atoms with Gasteiger partial charge in [-0.3, -0.25) is 4.79 Å². The molecule has 1 N–H and O–H groups in total. The summed E-state index contributed by atoms with van der Waals surface area (Å²) in [6, 6.07) is 1.01. The number of methoxy groups -OCH3 is 1. The highest BCUT2D eigenvalue weighted by atomic mass is 16.6. The molecular formula is C18H26N2O6. The van der Waals surface area contributed by atoms with E-state index in [0.717, 1.165) is 6.07 Å². The Morgan fingerprint density at radius 3 is 2.31 bits per heavy atom. The van der Waals surface area contributed by atoms with Crippen LogP contribution in [0.1, 0.15) is 50.9 Å². The molecule has 0 aliphatic carbocycles. The SMILES string of the molecule is COC(=O)c1cn(C2(C)CCN(C(=O)OC(C)(C)C)CC2)c(=O)cc1O. The molecule has 144 valence electrons. The topological polar surface area (TPSA) is 98.1 Å². The summed E-state index contributed by atoms with van der Waals surface area (Å²) in [5, 5.41) is 9.84. The molecule has 0 aromatic carbocycles. The lowest BCUT2D eigenvalue weighted by molar-refractivity contribution is 0.0128. The van der Waals surface area contributed by atoms with Gasteiger partial charge >= 0.3 is 12.1 Å². The monoisotopic (exact) mass is 366 g/mol. The molecule has 0 atom stereocenters. The van der Waals surface area contributed by atoms with E-state index in [0.29, 0.717) is 25.9 Å². The zero-order chi connectivity index (χ0) is 19.7. The fourth-order valence-electron chi connectivity index (χ4n) is 2.95. The van der Waals surface area contributed by atoms with E-state index in [1.165, 1.54) is 17.9 Å². The Bertz CT molecular complexity index is 754. The molecule has 2 rings (SSSR count). The summed E-state index contributed by atoms with van der Waals surface area (Å²) in [6.45, 7) is 8.16. The second-order valence-electron chi connectivity index (χ2n) is 7.74. The first-order valence-corrected chi connectivity index (χ1v) is 8.49. The predicted octanol–water partition coefficient (Wildman–Crippen LogP) is 2.09. The Morgan fingerprint density at radius 2 is 1.81 bits per heavy atom. The molecule has 0 saturated carbocycles. The van der Waals surface area contributed by atoms with E-state index in [2.05, 4.69) is 4.74 Å². The van der Waals surface area contributed by atoms with Crippen molar-refractivity contribution >= 4 is 12.1 Å². The first kappa shape index (κ1) is 19.8. The lowest BCUT2D eigenvalue weighted by Gasteiger charge is -2.41. The van der Waals surface area contributed by atoms with Gasteiger partial charge in [-0.1, -0.05) is 0 Å². The molecule has 1 aromatic heterocycles. The molecule has 0 radical (unpaired) electrons. The number of hydrogen-bond donors (Lipinski definition) is 1. The highest BCUT2D eigenvalue weighted by molar-refractivity contribution is 5.91. The van der Waals surface area contributed by atoms with Crippen molar-refractivity contribution in [2.75, 3.05) is 20.2 Å². The number of carbonyl (C=O) groups excluding carboxylic acids is 2. The lowest BCUT2D eigenvalue weighted by atomic mass is 9.89. The Balaban J connectivity index is 2.22. The maximum absolute atomic E-state index is 12.4. The number of ether oxygens (including phenoxy) is 2. The number of piperidine rings is 1. The molecule has 0 bridgehead atoms. The Morgan fingerprint density at radius 1 is 1.23 bits per heavy atom. The highest BCUT2D eigenvalue weighted by Crippen LogP contribution is 2.30. The van der Waals surface area contributed by atoms with Crippen molar-refractivity contribution in [2.24, 2.45) is 0 Å². The van der Waals surface area contributed by atoms with Crippen LogP contribution in [0.4, 0.5) is 4.79 Å². The van der Waals surface area contributed by atoms with Gasteiger partial charge in [0.15, 0.2) is 0 Å². The first-order valence-electron chi connectivity index (χ1n) is 8.49. The van der Waals surface area contributed by atoms with Crippen LogP contribution in [-0.2, 0) is 15.0 Å². The molecule has 26 heavy (non-hydrogen) atoms. The van der Waals surface area contributed by atoms with Crippen molar-refractivity contribution in [3.63, 3.8) is 0 Å². The summed E-state index contributed by atoms with van der Waals surface area (Å²) in [5.41, 5.74) is -1.64. The molecule has 1 aliphatic heterocycles. The smallest absolute Gasteiger partial charge is 0.410 e. The third kappa shape index (κ3) is 4.17. The largest absolute Gasteiger partial charge is 0.507 e. The van der Waals surface area contributed by atoms with Crippen LogP contribution in [0.5, 0.6) is 5.75 Å². The normalized spacial score (nSPS) is 16.9. The van der Waals surface area contributed by atoms with Gasteiger partial charge in [0, 0.05) is 30.9 Å². The summed E-state index contributed by atoms with van der Waals surface area (Å²) in [4.78, 5) is 38.0. The molecule has 1 amide bonds. The summed E-state index contributed by atoms with van der Waals surface area (Å²) in [6.07, 6.45) is 1.97. The summed E-state index contributed by atoms with van der Waals surface area (Å²) in [7, 11) is 1.21. The minimum absolute atomic E-state index is 0.0668. The second-order valence-corrected chi connectivity index (χ2v) is 7.74. The van der Waals surface area contributed by atoms with Gasteiger partial charge in [0.05, 0.1) is 7.11 Å². The minimum Gasteiger partial charge on any atom is -0.507 e. The van der Waals surface area contributed by atoms with Gasteiger partial charge in [-0.15, -0.1) is 0 Å². The molecule has 8 nitrogen and oxygen atoms in total. The average Bonchev–Trinajstić information content (AvgIpc) is 2.53. The number of esters is 1. The number of rotatable bonds is 2. The van der Waals surface area contributed by atoms with Crippen molar-refractivity contribution < 1.29 is 24.2 Å². The maximum Gasteiger partial charge on any atom is 0.410 e. The second kappa shape index (κ2) is 7.01. The highest BCUT2D eigenvalue weighted by Gasteiger charge is 2.36. The van der Waals surface area contributed by atoms with E-state index >= 15 is 0 Å². The van der Waals surface area contributed by atoms with Crippen LogP contribution in [0.25, 0.3) is 0 Å². The number of nitrogens with zero attached hydrogens (tertiary/aromatic N) is 2.